The quantitative estimate of drug-likeness (QED) is 0.424. The van der Waals surface area contributed by atoms with E-state index in [-0.39, 0.29) is 6.47 Å². The molecule has 0 aliphatic carbocycles. The van der Waals surface area contributed by atoms with Gasteiger partial charge in [-0.25, -0.2) is 0 Å². The minimum atomic E-state index is 0.140. The summed E-state index contributed by atoms with van der Waals surface area (Å²) in [6.07, 6.45) is 0. The van der Waals surface area contributed by atoms with Gasteiger partial charge < -0.3 is 4.29 Å². The highest BCUT2D eigenvalue weighted by Gasteiger charge is 1.50. The lowest BCUT2D eigenvalue weighted by molar-refractivity contribution is -0.120. The molecule has 3 heteroatoms. The Hall–Kier alpha value is -0.240. The minimum absolute atomic E-state index is 0.140. The maximum atomic E-state index is 8.82. The maximum absolute atomic E-state index is 8.82. The Morgan fingerprint density at radius 3 is 2.25 bits per heavy atom. The average molecular weight is 80.5 g/mol. The largest absolute Gasteiger partial charge is 0.350 e. The van der Waals surface area contributed by atoms with E-state index in [9.17, 15) is 0 Å². The van der Waals surface area contributed by atoms with Crippen molar-refractivity contribution in [2.24, 2.45) is 0 Å². The Bertz CT molecular complexity index is 20.0. The molecule has 0 N–H and O–H groups in total. The van der Waals surface area contributed by atoms with E-state index < -0.39 is 0 Å². The van der Waals surface area contributed by atoms with Crippen molar-refractivity contribution in [3.63, 3.8) is 0 Å². The van der Waals surface area contributed by atoms with Gasteiger partial charge in [0.05, 0.1) is 0 Å². The van der Waals surface area contributed by atoms with Gasteiger partial charge in [0.2, 0.25) is 0 Å². The van der Waals surface area contributed by atoms with Crippen LogP contribution < -0.4 is 0 Å². The summed E-state index contributed by atoms with van der Waals surface area (Å²) < 4.78 is 3.33. The molecule has 0 aliphatic rings. The summed E-state index contributed by atoms with van der Waals surface area (Å²) in [4.78, 5) is 8.82. The van der Waals surface area contributed by atoms with E-state index in [4.69, 9.17) is 4.79 Å². The number of rotatable bonds is 1. The topological polar surface area (TPSA) is 26.3 Å². The van der Waals surface area contributed by atoms with Crippen LogP contribution in [0.5, 0.6) is 0 Å². The lowest BCUT2D eigenvalue weighted by Crippen LogP contribution is -1.57. The Kier molecular flexibility index (Phi) is 2.59. The predicted octanol–water partition coefficient (Wildman–Crippen LogP) is 0.313. The van der Waals surface area contributed by atoms with Gasteiger partial charge in [0, 0.05) is 0 Å². The Morgan fingerprint density at radius 2 is 2.25 bits per heavy atom. The smallest absolute Gasteiger partial charge is 0.312 e. The Labute approximate surface area is 28.5 Å². The van der Waals surface area contributed by atoms with Crippen LogP contribution >= 0.6 is 11.9 Å². The molecule has 0 spiro atoms. The third-order valence-corrected chi connectivity index (χ3v) is 0.109. The molecule has 4 heavy (non-hydrogen) atoms. The summed E-state index contributed by atoms with van der Waals surface area (Å²) in [6.45, 7) is 0.140. The van der Waals surface area contributed by atoms with Gasteiger partial charge in [0.25, 0.3) is 0 Å². The van der Waals surface area contributed by atoms with Crippen molar-refractivity contribution >= 4 is 18.3 Å². The molecular formula is CHClO2. The third kappa shape index (κ3) is 1.76. The van der Waals surface area contributed by atoms with E-state index in [1.165, 1.54) is 0 Å². The molecule has 0 bridgehead atoms. The van der Waals surface area contributed by atoms with E-state index in [1.54, 1.807) is 0 Å². The van der Waals surface area contributed by atoms with Gasteiger partial charge in [0.1, 0.15) is 11.9 Å². The SMILES string of the molecule is O=COCl. The summed E-state index contributed by atoms with van der Waals surface area (Å²) in [5, 5.41) is 0. The molecule has 0 rings (SSSR count). The number of hydrogen-bond acceptors (Lipinski definition) is 2. The predicted molar refractivity (Wildman–Crippen MR) is 13.0 cm³/mol. The third-order valence-electron chi connectivity index (χ3n) is 0.0364. The van der Waals surface area contributed by atoms with Gasteiger partial charge in [0.15, 0.2) is 0 Å². The van der Waals surface area contributed by atoms with Crippen molar-refractivity contribution in [3.8, 4) is 0 Å². The van der Waals surface area contributed by atoms with E-state index in [0.29, 0.717) is 0 Å². The summed E-state index contributed by atoms with van der Waals surface area (Å²) in [7, 11) is 0. The molecule has 0 aliphatic heterocycles. The molecular weight excluding hydrogens is 79.5 g/mol. The Morgan fingerprint density at radius 1 is 2.00 bits per heavy atom. The second-order valence-electron chi connectivity index (χ2n) is 0.185. The van der Waals surface area contributed by atoms with Crippen LogP contribution in [0, 0.1) is 0 Å². The fourth-order valence-electron chi connectivity index (χ4n) is 0. The van der Waals surface area contributed by atoms with Crippen molar-refractivity contribution in [1.82, 2.24) is 0 Å². The van der Waals surface area contributed by atoms with Crippen LogP contribution in [0.25, 0.3) is 0 Å². The highest BCUT2D eigenvalue weighted by Crippen LogP contribution is 1.62. The Balaban J connectivity index is 2.30. The second-order valence-corrected chi connectivity index (χ2v) is 0.363. The van der Waals surface area contributed by atoms with Crippen molar-refractivity contribution in [1.29, 1.82) is 0 Å². The van der Waals surface area contributed by atoms with Gasteiger partial charge >= 0.3 is 6.47 Å². The number of hydrogen-bond donors (Lipinski definition) is 0. The zero-order valence-electron chi connectivity index (χ0n) is 1.77. The highest BCUT2D eigenvalue weighted by atomic mass is 35.5. The van der Waals surface area contributed by atoms with Gasteiger partial charge in [-0.3, -0.25) is 4.79 Å². The highest BCUT2D eigenvalue weighted by molar-refractivity contribution is 6.10. The molecule has 0 unspecified atom stereocenters. The standard InChI is InChI=1S/CHClO2/c2-4-1-3/h1H. The summed E-state index contributed by atoms with van der Waals surface area (Å²) in [5.41, 5.74) is 0. The molecule has 0 aromatic carbocycles. The van der Waals surface area contributed by atoms with Crippen LogP contribution in [0.2, 0.25) is 0 Å². The first-order valence-electron chi connectivity index (χ1n) is 0.626. The first-order chi connectivity index (χ1) is 1.91. The van der Waals surface area contributed by atoms with Gasteiger partial charge in [-0.15, -0.1) is 0 Å². The van der Waals surface area contributed by atoms with Crippen molar-refractivity contribution in [3.05, 3.63) is 0 Å². The molecule has 24 valence electrons. The number of carbonyl (C=O) groups is 1. The van der Waals surface area contributed by atoms with Crippen LogP contribution in [-0.2, 0) is 9.08 Å². The normalized spacial score (nSPS) is 5.25. The molecule has 2 nitrogen and oxygen atoms in total. The fraction of sp³-hybridized carbons (Fsp3) is 0. The van der Waals surface area contributed by atoms with Crippen LogP contribution in [0.15, 0.2) is 0 Å². The first-order valence-corrected chi connectivity index (χ1v) is 0.934. The maximum Gasteiger partial charge on any atom is 0.312 e. The monoisotopic (exact) mass is 80.0 g/mol. The van der Waals surface area contributed by atoms with Gasteiger partial charge in [-0.2, -0.15) is 0 Å². The van der Waals surface area contributed by atoms with Crippen LogP contribution in [0.4, 0.5) is 0 Å². The minimum Gasteiger partial charge on any atom is -0.350 e. The average Bonchev–Trinajstić information content (AvgIpc) is 1.37. The van der Waals surface area contributed by atoms with E-state index >= 15 is 0 Å². The molecule has 0 amide bonds. The summed E-state index contributed by atoms with van der Waals surface area (Å²) in [5.74, 6) is 0. The van der Waals surface area contributed by atoms with Crippen molar-refractivity contribution < 1.29 is 9.08 Å². The summed E-state index contributed by atoms with van der Waals surface area (Å²) >= 11 is 4.32. The second kappa shape index (κ2) is 2.76. The number of carbonyl (C=O) groups excluding carboxylic acids is 1. The van der Waals surface area contributed by atoms with E-state index in [1.807, 2.05) is 0 Å². The van der Waals surface area contributed by atoms with Crippen LogP contribution in [-0.4, -0.2) is 6.47 Å². The van der Waals surface area contributed by atoms with Gasteiger partial charge in [-0.05, 0) is 0 Å². The van der Waals surface area contributed by atoms with Crippen LogP contribution in [0.1, 0.15) is 0 Å². The van der Waals surface area contributed by atoms with E-state index in [0.717, 1.165) is 0 Å². The molecule has 0 saturated carbocycles. The zero-order valence-corrected chi connectivity index (χ0v) is 2.53. The molecule has 0 aromatic rings. The van der Waals surface area contributed by atoms with Crippen molar-refractivity contribution in [2.75, 3.05) is 0 Å². The summed E-state index contributed by atoms with van der Waals surface area (Å²) in [6, 6.07) is 0. The zero-order chi connectivity index (χ0) is 3.41. The lowest BCUT2D eigenvalue weighted by atomic mass is 11.7. The first kappa shape index (κ1) is 3.76. The molecule has 0 aromatic heterocycles. The number of halogens is 1. The van der Waals surface area contributed by atoms with Crippen LogP contribution in [0.3, 0.4) is 0 Å². The van der Waals surface area contributed by atoms with Crippen molar-refractivity contribution in [2.45, 2.75) is 0 Å². The molecule has 0 saturated heterocycles. The van der Waals surface area contributed by atoms with Gasteiger partial charge in [-0.1, -0.05) is 0 Å². The van der Waals surface area contributed by atoms with E-state index in [2.05, 4.69) is 16.2 Å². The lowest BCUT2D eigenvalue weighted by Gasteiger charge is -1.59. The molecule has 0 atom stereocenters. The molecule has 0 fully saturated rings. The fourth-order valence-corrected chi connectivity index (χ4v) is 0. The molecule has 0 radical (unpaired) electrons. The molecule has 0 heterocycles.